The Bertz CT molecular complexity index is 723. The second-order valence-corrected chi connectivity index (χ2v) is 4.05. The first-order valence-electron chi connectivity index (χ1n) is 5.60. The number of hydrogen-bond acceptors (Lipinski definition) is 5. The number of hydrogen-bond donors (Lipinski definition) is 1. The van der Waals surface area contributed by atoms with Crippen LogP contribution >= 0.6 is 0 Å². The zero-order valence-corrected chi connectivity index (χ0v) is 10.7. The van der Waals surface area contributed by atoms with Crippen molar-refractivity contribution in [3.05, 3.63) is 50.6 Å². The van der Waals surface area contributed by atoms with Gasteiger partial charge in [0.15, 0.2) is 0 Å². The molecule has 0 amide bonds. The van der Waals surface area contributed by atoms with E-state index in [2.05, 4.69) is 4.99 Å². The van der Waals surface area contributed by atoms with Gasteiger partial charge < -0.3 is 10.2 Å². The van der Waals surface area contributed by atoms with Crippen LogP contribution in [0.5, 0.6) is 0 Å². The summed E-state index contributed by atoms with van der Waals surface area (Å²) in [5, 5.41) is 0. The van der Waals surface area contributed by atoms with Crippen LogP contribution in [0.3, 0.4) is 0 Å². The Labute approximate surface area is 108 Å². The average Bonchev–Trinajstić information content (AvgIpc) is 2.91. The summed E-state index contributed by atoms with van der Waals surface area (Å²) in [6.45, 7) is 0.304. The van der Waals surface area contributed by atoms with E-state index >= 15 is 0 Å². The molecule has 7 heteroatoms. The minimum atomic E-state index is -0.469. The SMILES string of the molecule is Cn1c(N)c(C=NCc2ccco2)c(=O)n(C)c1=O. The summed E-state index contributed by atoms with van der Waals surface area (Å²) in [6.07, 6.45) is 2.91. The first-order chi connectivity index (χ1) is 9.02. The molecule has 0 radical (unpaired) electrons. The molecule has 0 saturated heterocycles. The molecule has 0 aliphatic carbocycles. The maximum Gasteiger partial charge on any atom is 0.332 e. The molecule has 2 aromatic rings. The van der Waals surface area contributed by atoms with Crippen LogP contribution in [-0.4, -0.2) is 15.3 Å². The van der Waals surface area contributed by atoms with E-state index in [1.54, 1.807) is 18.4 Å². The molecule has 2 heterocycles. The summed E-state index contributed by atoms with van der Waals surface area (Å²) in [5.41, 5.74) is 5.00. The number of nitrogens with zero attached hydrogens (tertiary/aromatic N) is 3. The third-order valence-corrected chi connectivity index (χ3v) is 2.79. The maximum absolute atomic E-state index is 11.9. The predicted octanol–water partition coefficient (Wildman–Crippen LogP) is -0.122. The number of rotatable bonds is 3. The van der Waals surface area contributed by atoms with E-state index < -0.39 is 11.2 Å². The Kier molecular flexibility index (Phi) is 3.37. The highest BCUT2D eigenvalue weighted by Gasteiger charge is 2.10. The number of aliphatic imine (C=N–C) groups is 1. The Hall–Kier alpha value is -2.57. The molecule has 2 aromatic heterocycles. The van der Waals surface area contributed by atoms with Crippen LogP contribution in [0.1, 0.15) is 11.3 Å². The minimum Gasteiger partial charge on any atom is -0.467 e. The van der Waals surface area contributed by atoms with Gasteiger partial charge in [0.2, 0.25) is 0 Å². The topological polar surface area (TPSA) is 95.5 Å². The fourth-order valence-corrected chi connectivity index (χ4v) is 1.64. The molecule has 0 fully saturated rings. The van der Waals surface area contributed by atoms with Crippen molar-refractivity contribution in [2.24, 2.45) is 19.1 Å². The van der Waals surface area contributed by atoms with E-state index in [-0.39, 0.29) is 11.4 Å². The zero-order chi connectivity index (χ0) is 14.0. The largest absolute Gasteiger partial charge is 0.467 e. The van der Waals surface area contributed by atoms with Crippen LogP contribution in [-0.2, 0) is 20.6 Å². The van der Waals surface area contributed by atoms with E-state index in [9.17, 15) is 9.59 Å². The van der Waals surface area contributed by atoms with E-state index in [4.69, 9.17) is 10.2 Å². The second kappa shape index (κ2) is 4.97. The van der Waals surface area contributed by atoms with Crippen molar-refractivity contribution in [3.63, 3.8) is 0 Å². The molecule has 19 heavy (non-hydrogen) atoms. The molecule has 0 aliphatic heterocycles. The molecule has 7 nitrogen and oxygen atoms in total. The lowest BCUT2D eigenvalue weighted by molar-refractivity contribution is 0.513. The van der Waals surface area contributed by atoms with E-state index in [0.717, 1.165) is 4.57 Å². The molecule has 2 rings (SSSR count). The van der Waals surface area contributed by atoms with Crippen LogP contribution in [0, 0.1) is 0 Å². The number of furan rings is 1. The Morgan fingerprint density at radius 3 is 2.74 bits per heavy atom. The van der Waals surface area contributed by atoms with E-state index in [1.807, 2.05) is 0 Å². The molecule has 0 bridgehead atoms. The van der Waals surface area contributed by atoms with E-state index in [1.165, 1.54) is 24.9 Å². The van der Waals surface area contributed by atoms with Gasteiger partial charge in [0.1, 0.15) is 11.6 Å². The van der Waals surface area contributed by atoms with Gasteiger partial charge in [-0.3, -0.25) is 18.9 Å². The average molecular weight is 262 g/mol. The van der Waals surface area contributed by atoms with Gasteiger partial charge in [-0.15, -0.1) is 0 Å². The Balaban J connectivity index is 2.38. The highest BCUT2D eigenvalue weighted by Crippen LogP contribution is 2.03. The first kappa shape index (κ1) is 12.9. The van der Waals surface area contributed by atoms with Crippen LogP contribution in [0.25, 0.3) is 0 Å². The number of anilines is 1. The lowest BCUT2D eigenvalue weighted by Gasteiger charge is -2.08. The van der Waals surface area contributed by atoms with Gasteiger partial charge in [-0.25, -0.2) is 4.79 Å². The maximum atomic E-state index is 11.9. The first-order valence-corrected chi connectivity index (χ1v) is 5.60. The Morgan fingerprint density at radius 2 is 2.11 bits per heavy atom. The minimum absolute atomic E-state index is 0.0938. The highest BCUT2D eigenvalue weighted by atomic mass is 16.3. The normalized spacial score (nSPS) is 11.3. The third-order valence-electron chi connectivity index (χ3n) is 2.79. The summed E-state index contributed by atoms with van der Waals surface area (Å²) >= 11 is 0. The van der Waals surface area contributed by atoms with Crippen molar-refractivity contribution in [1.82, 2.24) is 9.13 Å². The van der Waals surface area contributed by atoms with Crippen LogP contribution in [0.15, 0.2) is 37.4 Å². The smallest absolute Gasteiger partial charge is 0.332 e. The van der Waals surface area contributed by atoms with Crippen molar-refractivity contribution < 1.29 is 4.42 Å². The molecular weight excluding hydrogens is 248 g/mol. The number of aromatic nitrogens is 2. The van der Waals surface area contributed by atoms with Gasteiger partial charge in [-0.05, 0) is 12.1 Å². The molecule has 0 atom stereocenters. The summed E-state index contributed by atoms with van der Waals surface area (Å²) < 4.78 is 7.31. The van der Waals surface area contributed by atoms with Crippen LogP contribution in [0.2, 0.25) is 0 Å². The van der Waals surface area contributed by atoms with Crippen molar-refractivity contribution in [2.75, 3.05) is 5.73 Å². The lowest BCUT2D eigenvalue weighted by Crippen LogP contribution is -2.40. The lowest BCUT2D eigenvalue weighted by atomic mass is 10.3. The van der Waals surface area contributed by atoms with Gasteiger partial charge in [0.25, 0.3) is 5.56 Å². The van der Waals surface area contributed by atoms with Gasteiger partial charge in [-0.2, -0.15) is 0 Å². The quantitative estimate of drug-likeness (QED) is 0.780. The summed E-state index contributed by atoms with van der Waals surface area (Å²) in [7, 11) is 2.90. The van der Waals surface area contributed by atoms with Crippen LogP contribution < -0.4 is 17.0 Å². The molecular formula is C12H14N4O3. The molecule has 0 aliphatic rings. The third kappa shape index (κ3) is 2.35. The molecule has 100 valence electrons. The number of nitrogens with two attached hydrogens (primary N) is 1. The monoisotopic (exact) mass is 262 g/mol. The highest BCUT2D eigenvalue weighted by molar-refractivity contribution is 5.84. The van der Waals surface area contributed by atoms with Gasteiger partial charge in [0, 0.05) is 20.3 Å². The Morgan fingerprint density at radius 1 is 1.37 bits per heavy atom. The number of nitrogen functional groups attached to an aromatic ring is 1. The van der Waals surface area contributed by atoms with Gasteiger partial charge in [-0.1, -0.05) is 0 Å². The predicted molar refractivity (Wildman–Crippen MR) is 71.3 cm³/mol. The van der Waals surface area contributed by atoms with Crippen molar-refractivity contribution in [1.29, 1.82) is 0 Å². The van der Waals surface area contributed by atoms with Crippen LogP contribution in [0.4, 0.5) is 5.82 Å². The summed E-state index contributed by atoms with van der Waals surface area (Å²) in [5.74, 6) is 0.771. The molecule has 0 unspecified atom stereocenters. The fraction of sp³-hybridized carbons (Fsp3) is 0.250. The summed E-state index contributed by atoms with van der Waals surface area (Å²) in [6, 6.07) is 3.53. The van der Waals surface area contributed by atoms with Crippen molar-refractivity contribution in [2.45, 2.75) is 6.54 Å². The fourth-order valence-electron chi connectivity index (χ4n) is 1.64. The molecule has 0 saturated carbocycles. The van der Waals surface area contributed by atoms with Gasteiger partial charge >= 0.3 is 5.69 Å². The zero-order valence-electron chi connectivity index (χ0n) is 10.7. The molecule has 0 spiro atoms. The molecule has 0 aromatic carbocycles. The van der Waals surface area contributed by atoms with Crippen molar-refractivity contribution >= 4 is 12.0 Å². The van der Waals surface area contributed by atoms with E-state index in [0.29, 0.717) is 12.3 Å². The second-order valence-electron chi connectivity index (χ2n) is 4.05. The van der Waals surface area contributed by atoms with Crippen molar-refractivity contribution in [3.8, 4) is 0 Å². The molecule has 2 N–H and O–H groups in total. The summed E-state index contributed by atoms with van der Waals surface area (Å²) in [4.78, 5) is 27.6. The standard InChI is InChI=1S/C12H14N4O3/c1-15-10(13)9(11(17)16(2)12(15)18)7-14-6-8-4-3-5-19-8/h3-5,7H,6,13H2,1-2H3. The van der Waals surface area contributed by atoms with Gasteiger partial charge in [0.05, 0.1) is 18.4 Å².